The molecule has 170 valence electrons. The van der Waals surface area contributed by atoms with Crippen LogP contribution in [0.25, 0.3) is 11.1 Å². The van der Waals surface area contributed by atoms with Gasteiger partial charge in [0.25, 0.3) is 0 Å². The van der Waals surface area contributed by atoms with Crippen molar-refractivity contribution in [2.45, 2.75) is 13.8 Å². The van der Waals surface area contributed by atoms with Crippen LogP contribution in [0.5, 0.6) is 11.5 Å². The highest BCUT2D eigenvalue weighted by Gasteiger charge is 1.99. The number of hydrogen-bond acceptors (Lipinski definition) is 4. The lowest BCUT2D eigenvalue weighted by Gasteiger charge is -2.04. The third-order valence-corrected chi connectivity index (χ3v) is 5.18. The number of hydrogen-bond donors (Lipinski definition) is 0. The van der Waals surface area contributed by atoms with E-state index in [9.17, 15) is 0 Å². The van der Waals surface area contributed by atoms with Crippen LogP contribution in [-0.4, -0.2) is 25.6 Å². The minimum atomic E-state index is 0.666. The number of benzene rings is 4. The molecule has 34 heavy (non-hydrogen) atoms. The van der Waals surface area contributed by atoms with E-state index in [0.29, 0.717) is 13.2 Å². The molecule has 0 bridgehead atoms. The number of nitrogens with zero attached hydrogens (tertiary/aromatic N) is 2. The van der Waals surface area contributed by atoms with Crippen molar-refractivity contribution in [3.8, 4) is 22.6 Å². The lowest BCUT2D eigenvalue weighted by atomic mass is 10.1. The quantitative estimate of drug-likeness (QED) is 0.247. The maximum atomic E-state index is 5.47. The molecule has 0 amide bonds. The average molecular weight is 449 g/mol. The molecule has 4 rings (SSSR count). The average Bonchev–Trinajstić information content (AvgIpc) is 2.89. The van der Waals surface area contributed by atoms with Gasteiger partial charge in [0.1, 0.15) is 11.5 Å². The summed E-state index contributed by atoms with van der Waals surface area (Å²) >= 11 is 0. The molecule has 0 aliphatic rings. The third kappa shape index (κ3) is 6.42. The fourth-order valence-electron chi connectivity index (χ4n) is 3.41. The first kappa shape index (κ1) is 23.0. The van der Waals surface area contributed by atoms with Gasteiger partial charge in [0.05, 0.1) is 24.6 Å². The molecule has 4 nitrogen and oxygen atoms in total. The molecule has 4 aromatic carbocycles. The van der Waals surface area contributed by atoms with Crippen molar-refractivity contribution < 1.29 is 9.47 Å². The lowest BCUT2D eigenvalue weighted by Crippen LogP contribution is -1.91. The molecule has 0 radical (unpaired) electrons. The number of aliphatic imine (C=N–C) groups is 2. The van der Waals surface area contributed by atoms with Crippen LogP contribution in [0, 0.1) is 0 Å². The van der Waals surface area contributed by atoms with E-state index in [4.69, 9.17) is 9.47 Å². The van der Waals surface area contributed by atoms with Crippen LogP contribution in [0.15, 0.2) is 107 Å². The van der Waals surface area contributed by atoms with Crippen LogP contribution in [0.1, 0.15) is 25.0 Å². The first-order valence-electron chi connectivity index (χ1n) is 11.5. The van der Waals surface area contributed by atoms with Crippen LogP contribution < -0.4 is 9.47 Å². The summed E-state index contributed by atoms with van der Waals surface area (Å²) in [6.07, 6.45) is 3.73. The van der Waals surface area contributed by atoms with E-state index in [2.05, 4.69) is 34.3 Å². The molecule has 0 heterocycles. The van der Waals surface area contributed by atoms with Crippen molar-refractivity contribution in [2.24, 2.45) is 9.98 Å². The molecule has 0 aromatic heterocycles. The van der Waals surface area contributed by atoms with Crippen molar-refractivity contribution in [3.05, 3.63) is 108 Å². The van der Waals surface area contributed by atoms with Crippen LogP contribution >= 0.6 is 0 Å². The second kappa shape index (κ2) is 11.6. The van der Waals surface area contributed by atoms with E-state index in [1.807, 2.05) is 99.1 Å². The Bertz CT molecular complexity index is 1120. The topological polar surface area (TPSA) is 43.2 Å². The summed E-state index contributed by atoms with van der Waals surface area (Å²) < 4.78 is 10.9. The SMILES string of the molecule is CCOc1ccc(C=Nc2ccc(-c3ccc(N=Cc4ccc(OCC)cc4)cc3)cc2)cc1. The molecule has 4 heteroatoms. The number of rotatable bonds is 9. The van der Waals surface area contributed by atoms with Gasteiger partial charge >= 0.3 is 0 Å². The Kier molecular flexibility index (Phi) is 7.86. The standard InChI is InChI=1S/C30H28N2O2/c1-3-33-29-17-5-23(6-18-29)21-31-27-13-9-25(10-14-27)26-11-15-28(16-12-26)32-22-24-7-19-30(20-8-24)34-4-2/h5-22H,3-4H2,1-2H3. The Labute approximate surface area is 201 Å². The molecular weight excluding hydrogens is 420 g/mol. The molecule has 0 N–H and O–H groups in total. The summed E-state index contributed by atoms with van der Waals surface area (Å²) in [7, 11) is 0. The Hall–Kier alpha value is -4.18. The van der Waals surface area contributed by atoms with Crippen molar-refractivity contribution >= 4 is 23.8 Å². The van der Waals surface area contributed by atoms with Crippen molar-refractivity contribution in [2.75, 3.05) is 13.2 Å². The smallest absolute Gasteiger partial charge is 0.119 e. The molecule has 0 saturated carbocycles. The van der Waals surface area contributed by atoms with Gasteiger partial charge < -0.3 is 9.47 Å². The highest BCUT2D eigenvalue weighted by atomic mass is 16.5. The van der Waals surface area contributed by atoms with Crippen molar-refractivity contribution in [1.82, 2.24) is 0 Å². The molecule has 0 fully saturated rings. The normalized spacial score (nSPS) is 11.2. The maximum absolute atomic E-state index is 5.47. The molecule has 0 atom stereocenters. The zero-order valence-electron chi connectivity index (χ0n) is 19.5. The zero-order valence-corrected chi connectivity index (χ0v) is 19.5. The van der Waals surface area contributed by atoms with E-state index < -0.39 is 0 Å². The summed E-state index contributed by atoms with van der Waals surface area (Å²) in [5.41, 5.74) is 6.18. The summed E-state index contributed by atoms with van der Waals surface area (Å²) in [6, 6.07) is 32.3. The highest BCUT2D eigenvalue weighted by molar-refractivity contribution is 5.83. The molecular formula is C30H28N2O2. The van der Waals surface area contributed by atoms with E-state index in [1.165, 1.54) is 0 Å². The summed E-state index contributed by atoms with van der Waals surface area (Å²) in [5, 5.41) is 0. The molecule has 0 unspecified atom stereocenters. The van der Waals surface area contributed by atoms with Gasteiger partial charge in [-0.25, -0.2) is 0 Å². The van der Waals surface area contributed by atoms with Crippen molar-refractivity contribution in [1.29, 1.82) is 0 Å². The second-order valence-corrected chi connectivity index (χ2v) is 7.61. The van der Waals surface area contributed by atoms with Gasteiger partial charge in [-0.15, -0.1) is 0 Å². The van der Waals surface area contributed by atoms with E-state index in [1.54, 1.807) is 0 Å². The minimum Gasteiger partial charge on any atom is -0.494 e. The maximum Gasteiger partial charge on any atom is 0.119 e. The van der Waals surface area contributed by atoms with Gasteiger partial charge in [-0.3, -0.25) is 9.98 Å². The Morgan fingerprint density at radius 3 is 1.18 bits per heavy atom. The fraction of sp³-hybridized carbons (Fsp3) is 0.133. The summed E-state index contributed by atoms with van der Waals surface area (Å²) in [5.74, 6) is 1.74. The molecule has 0 aliphatic carbocycles. The van der Waals surface area contributed by atoms with Crippen LogP contribution in [0.3, 0.4) is 0 Å². The van der Waals surface area contributed by atoms with Gasteiger partial charge in [-0.2, -0.15) is 0 Å². The van der Waals surface area contributed by atoms with Gasteiger partial charge in [-0.1, -0.05) is 24.3 Å². The van der Waals surface area contributed by atoms with Gasteiger partial charge in [-0.05, 0) is 109 Å². The van der Waals surface area contributed by atoms with Gasteiger partial charge in [0.2, 0.25) is 0 Å². The zero-order chi connectivity index (χ0) is 23.6. The lowest BCUT2D eigenvalue weighted by molar-refractivity contribution is 0.340. The van der Waals surface area contributed by atoms with Crippen LogP contribution in [0.4, 0.5) is 11.4 Å². The second-order valence-electron chi connectivity index (χ2n) is 7.61. The van der Waals surface area contributed by atoms with Crippen LogP contribution in [-0.2, 0) is 0 Å². The van der Waals surface area contributed by atoms with Crippen molar-refractivity contribution in [3.63, 3.8) is 0 Å². The summed E-state index contributed by atoms with van der Waals surface area (Å²) in [6.45, 7) is 5.29. The fourth-order valence-corrected chi connectivity index (χ4v) is 3.41. The summed E-state index contributed by atoms with van der Waals surface area (Å²) in [4.78, 5) is 9.15. The largest absolute Gasteiger partial charge is 0.494 e. The first-order chi connectivity index (χ1) is 16.7. The van der Waals surface area contributed by atoms with Crippen LogP contribution in [0.2, 0.25) is 0 Å². The minimum absolute atomic E-state index is 0.666. The Morgan fingerprint density at radius 2 is 0.853 bits per heavy atom. The number of ether oxygens (including phenoxy) is 2. The predicted octanol–water partition coefficient (Wildman–Crippen LogP) is 7.65. The molecule has 0 saturated heterocycles. The van der Waals surface area contributed by atoms with E-state index >= 15 is 0 Å². The molecule has 0 aliphatic heterocycles. The van der Waals surface area contributed by atoms with E-state index in [-0.39, 0.29) is 0 Å². The highest BCUT2D eigenvalue weighted by Crippen LogP contribution is 2.25. The van der Waals surface area contributed by atoms with Gasteiger partial charge in [0, 0.05) is 12.4 Å². The third-order valence-electron chi connectivity index (χ3n) is 5.18. The van der Waals surface area contributed by atoms with E-state index in [0.717, 1.165) is 45.1 Å². The molecule has 4 aromatic rings. The van der Waals surface area contributed by atoms with Gasteiger partial charge in [0.15, 0.2) is 0 Å². The monoisotopic (exact) mass is 448 g/mol. The predicted molar refractivity (Wildman–Crippen MR) is 142 cm³/mol. The Balaban J connectivity index is 1.37. The first-order valence-corrected chi connectivity index (χ1v) is 11.5. The molecule has 0 spiro atoms. The Morgan fingerprint density at radius 1 is 0.500 bits per heavy atom.